The normalized spacial score (nSPS) is 17.5. The average molecular weight is 274 g/mol. The van der Waals surface area contributed by atoms with E-state index in [1.807, 2.05) is 6.08 Å². The van der Waals surface area contributed by atoms with Crippen LogP contribution in [-0.2, 0) is 9.59 Å². The number of nitrogens with one attached hydrogen (secondary N) is 1. The summed E-state index contributed by atoms with van der Waals surface area (Å²) in [6, 6.07) is 6.93. The average Bonchev–Trinajstić information content (AvgIpc) is 2.46. The number of ether oxygens (including phenoxy) is 1. The van der Waals surface area contributed by atoms with E-state index < -0.39 is 5.91 Å². The molecule has 0 aliphatic heterocycles. The van der Waals surface area contributed by atoms with Gasteiger partial charge in [-0.3, -0.25) is 9.59 Å². The van der Waals surface area contributed by atoms with E-state index in [-0.39, 0.29) is 18.4 Å². The van der Waals surface area contributed by atoms with Crippen molar-refractivity contribution in [3.63, 3.8) is 0 Å². The van der Waals surface area contributed by atoms with Crippen LogP contribution in [0.25, 0.3) is 0 Å². The predicted molar refractivity (Wildman–Crippen MR) is 76.2 cm³/mol. The van der Waals surface area contributed by atoms with Crippen LogP contribution < -0.4 is 15.8 Å². The van der Waals surface area contributed by atoms with Crippen LogP contribution in [0.3, 0.4) is 0 Å². The molecule has 2 rings (SSSR count). The third-order valence-corrected chi connectivity index (χ3v) is 3.12. The molecule has 0 spiro atoms. The van der Waals surface area contributed by atoms with Crippen LogP contribution in [0.4, 0.5) is 5.69 Å². The number of carbonyl (C=O) groups excluding carboxylic acids is 2. The van der Waals surface area contributed by atoms with Gasteiger partial charge in [0.2, 0.25) is 5.91 Å². The van der Waals surface area contributed by atoms with E-state index in [0.717, 1.165) is 19.3 Å². The Morgan fingerprint density at radius 1 is 1.35 bits per heavy atom. The molecule has 0 heterocycles. The molecule has 0 radical (unpaired) electrons. The summed E-state index contributed by atoms with van der Waals surface area (Å²) >= 11 is 0. The van der Waals surface area contributed by atoms with Crippen LogP contribution >= 0.6 is 0 Å². The predicted octanol–water partition coefficient (Wildman–Crippen LogP) is 1.85. The smallest absolute Gasteiger partial charge is 0.255 e. The molecule has 1 aliphatic carbocycles. The van der Waals surface area contributed by atoms with Crippen LogP contribution in [-0.4, -0.2) is 18.4 Å². The lowest BCUT2D eigenvalue weighted by Crippen LogP contribution is -2.23. The number of benzene rings is 1. The minimum Gasteiger partial charge on any atom is -0.484 e. The van der Waals surface area contributed by atoms with Gasteiger partial charge in [0.05, 0.1) is 0 Å². The van der Waals surface area contributed by atoms with Gasteiger partial charge in [0.1, 0.15) is 5.75 Å². The molecular weight excluding hydrogens is 256 g/mol. The van der Waals surface area contributed by atoms with Crippen molar-refractivity contribution in [3.8, 4) is 5.75 Å². The van der Waals surface area contributed by atoms with Gasteiger partial charge in [0.15, 0.2) is 6.61 Å². The fourth-order valence-electron chi connectivity index (χ4n) is 2.09. The molecule has 1 aliphatic rings. The van der Waals surface area contributed by atoms with E-state index in [0.29, 0.717) is 11.4 Å². The first kappa shape index (κ1) is 14.1. The maximum atomic E-state index is 12.1. The van der Waals surface area contributed by atoms with Gasteiger partial charge >= 0.3 is 0 Å². The zero-order valence-corrected chi connectivity index (χ0v) is 11.2. The minimum atomic E-state index is -0.534. The van der Waals surface area contributed by atoms with Crippen LogP contribution in [0.5, 0.6) is 5.75 Å². The molecule has 0 bridgehead atoms. The monoisotopic (exact) mass is 274 g/mol. The minimum absolute atomic E-state index is 0.0152. The fourth-order valence-corrected chi connectivity index (χ4v) is 2.09. The number of rotatable bonds is 5. The molecule has 1 unspecified atom stereocenters. The van der Waals surface area contributed by atoms with Gasteiger partial charge in [-0.05, 0) is 31.4 Å². The number of hydrogen-bond donors (Lipinski definition) is 2. The molecule has 5 heteroatoms. The first-order chi connectivity index (χ1) is 9.65. The summed E-state index contributed by atoms with van der Waals surface area (Å²) in [5.41, 5.74) is 5.68. The second-order valence-electron chi connectivity index (χ2n) is 4.75. The summed E-state index contributed by atoms with van der Waals surface area (Å²) in [5.74, 6) is 0.00941. The Bertz CT molecular complexity index is 526. The Hall–Kier alpha value is -2.30. The zero-order chi connectivity index (χ0) is 14.4. The second kappa shape index (κ2) is 6.75. The summed E-state index contributed by atoms with van der Waals surface area (Å²) in [5, 5.41) is 2.87. The lowest BCUT2D eigenvalue weighted by Gasteiger charge is -2.17. The van der Waals surface area contributed by atoms with E-state index in [1.165, 1.54) is 0 Å². The van der Waals surface area contributed by atoms with Crippen molar-refractivity contribution in [2.24, 2.45) is 11.7 Å². The van der Waals surface area contributed by atoms with Crippen molar-refractivity contribution in [2.75, 3.05) is 11.9 Å². The standard InChI is InChI=1S/C15H18N2O3/c16-14(18)10-20-13-8-4-7-12(9-13)17-15(19)11-5-2-1-3-6-11/h1-2,4,7-9,11H,3,5-6,10H2,(H2,16,18)(H,17,19). The molecule has 0 aromatic heterocycles. The highest BCUT2D eigenvalue weighted by atomic mass is 16.5. The Kier molecular flexibility index (Phi) is 4.76. The van der Waals surface area contributed by atoms with Crippen molar-refractivity contribution in [1.82, 2.24) is 0 Å². The topological polar surface area (TPSA) is 81.4 Å². The van der Waals surface area contributed by atoms with E-state index in [4.69, 9.17) is 10.5 Å². The van der Waals surface area contributed by atoms with Crippen molar-refractivity contribution in [2.45, 2.75) is 19.3 Å². The first-order valence-corrected chi connectivity index (χ1v) is 6.62. The van der Waals surface area contributed by atoms with Gasteiger partial charge < -0.3 is 15.8 Å². The molecule has 2 amide bonds. The molecule has 20 heavy (non-hydrogen) atoms. The molecule has 1 atom stereocenters. The van der Waals surface area contributed by atoms with Crippen molar-refractivity contribution in [3.05, 3.63) is 36.4 Å². The largest absolute Gasteiger partial charge is 0.484 e. The van der Waals surface area contributed by atoms with Crippen molar-refractivity contribution >= 4 is 17.5 Å². The molecule has 5 nitrogen and oxygen atoms in total. The third kappa shape index (κ3) is 4.12. The molecule has 3 N–H and O–H groups in total. The zero-order valence-electron chi connectivity index (χ0n) is 11.2. The van der Waals surface area contributed by atoms with Gasteiger partial charge in [-0.15, -0.1) is 0 Å². The number of allylic oxidation sites excluding steroid dienone is 2. The summed E-state index contributed by atoms with van der Waals surface area (Å²) in [7, 11) is 0. The van der Waals surface area contributed by atoms with Crippen molar-refractivity contribution < 1.29 is 14.3 Å². The lowest BCUT2D eigenvalue weighted by atomic mass is 9.93. The van der Waals surface area contributed by atoms with E-state index in [2.05, 4.69) is 11.4 Å². The first-order valence-electron chi connectivity index (χ1n) is 6.62. The van der Waals surface area contributed by atoms with Gasteiger partial charge in [0, 0.05) is 17.7 Å². The van der Waals surface area contributed by atoms with E-state index in [1.54, 1.807) is 24.3 Å². The SMILES string of the molecule is NC(=O)COc1cccc(NC(=O)C2CC=CCC2)c1. The lowest BCUT2D eigenvalue weighted by molar-refractivity contribution is -0.120. The number of amides is 2. The van der Waals surface area contributed by atoms with Gasteiger partial charge in [0.25, 0.3) is 5.91 Å². The highest BCUT2D eigenvalue weighted by Gasteiger charge is 2.18. The molecule has 0 fully saturated rings. The summed E-state index contributed by atoms with van der Waals surface area (Å²) < 4.78 is 5.20. The molecule has 0 saturated carbocycles. The quantitative estimate of drug-likeness (QED) is 0.804. The number of nitrogens with two attached hydrogens (primary N) is 1. The molecular formula is C15H18N2O3. The fraction of sp³-hybridized carbons (Fsp3) is 0.333. The van der Waals surface area contributed by atoms with E-state index in [9.17, 15) is 9.59 Å². The Balaban J connectivity index is 1.94. The highest BCUT2D eigenvalue weighted by molar-refractivity contribution is 5.92. The Morgan fingerprint density at radius 2 is 2.20 bits per heavy atom. The van der Waals surface area contributed by atoms with Gasteiger partial charge in [-0.1, -0.05) is 18.2 Å². The molecule has 106 valence electrons. The number of primary amides is 1. The number of carbonyl (C=O) groups is 2. The maximum absolute atomic E-state index is 12.1. The number of hydrogen-bond acceptors (Lipinski definition) is 3. The van der Waals surface area contributed by atoms with Crippen LogP contribution in [0.2, 0.25) is 0 Å². The van der Waals surface area contributed by atoms with Crippen LogP contribution in [0, 0.1) is 5.92 Å². The van der Waals surface area contributed by atoms with Gasteiger partial charge in [-0.25, -0.2) is 0 Å². The molecule has 0 saturated heterocycles. The molecule has 1 aromatic rings. The van der Waals surface area contributed by atoms with E-state index >= 15 is 0 Å². The maximum Gasteiger partial charge on any atom is 0.255 e. The van der Waals surface area contributed by atoms with Crippen molar-refractivity contribution in [1.29, 1.82) is 0 Å². The van der Waals surface area contributed by atoms with Crippen LogP contribution in [0.15, 0.2) is 36.4 Å². The van der Waals surface area contributed by atoms with Crippen LogP contribution in [0.1, 0.15) is 19.3 Å². The summed E-state index contributed by atoms with van der Waals surface area (Å²) in [6.07, 6.45) is 6.74. The molecule has 1 aromatic carbocycles. The van der Waals surface area contributed by atoms with Gasteiger partial charge in [-0.2, -0.15) is 0 Å². The third-order valence-electron chi connectivity index (χ3n) is 3.12. The summed E-state index contributed by atoms with van der Waals surface area (Å²) in [4.78, 5) is 22.7. The highest BCUT2D eigenvalue weighted by Crippen LogP contribution is 2.22. The summed E-state index contributed by atoms with van der Waals surface area (Å²) in [6.45, 7) is -0.176. The number of anilines is 1. The Morgan fingerprint density at radius 3 is 2.90 bits per heavy atom. The Labute approximate surface area is 117 Å². The second-order valence-corrected chi connectivity index (χ2v) is 4.75.